The number of aromatic hydroxyl groups is 1. The van der Waals surface area contributed by atoms with E-state index in [-0.39, 0.29) is 11.7 Å². The number of para-hydroxylation sites is 2. The normalized spacial score (nSPS) is 17.4. The maximum absolute atomic E-state index is 12.0. The van der Waals surface area contributed by atoms with Gasteiger partial charge in [0.2, 0.25) is 0 Å². The van der Waals surface area contributed by atoms with Gasteiger partial charge in [0.25, 0.3) is 5.91 Å². The summed E-state index contributed by atoms with van der Waals surface area (Å²) >= 11 is 0. The number of piperazine rings is 1. The molecule has 1 fully saturated rings. The number of carbonyl (C=O) groups is 1. The second-order valence-electron chi connectivity index (χ2n) is 4.68. The average Bonchev–Trinajstić information content (AvgIpc) is 2.46. The molecule has 0 aromatic heterocycles. The number of ether oxygens (including phenoxy) is 1. The first-order valence-corrected chi connectivity index (χ1v) is 6.48. The third kappa shape index (κ3) is 2.98. The Hall–Kier alpha value is -1.75. The quantitative estimate of drug-likeness (QED) is 0.887. The summed E-state index contributed by atoms with van der Waals surface area (Å²) in [5, 5.41) is 9.82. The number of carbonyl (C=O) groups excluding carboxylic acids is 1. The number of phenols is 1. The number of phenolic OH excluding ortho intramolecular Hbond substituents is 1. The molecule has 1 unspecified atom stereocenters. The maximum Gasteiger partial charge on any atom is 0.251 e. The number of nitrogens with zero attached hydrogens (tertiary/aromatic N) is 2. The highest BCUT2D eigenvalue weighted by molar-refractivity contribution is 5.80. The number of hydrogen-bond donors (Lipinski definition) is 1. The van der Waals surface area contributed by atoms with E-state index in [9.17, 15) is 9.90 Å². The molecule has 1 aromatic rings. The van der Waals surface area contributed by atoms with Crippen molar-refractivity contribution in [2.24, 2.45) is 0 Å². The molecule has 1 aliphatic rings. The van der Waals surface area contributed by atoms with E-state index in [4.69, 9.17) is 4.74 Å². The van der Waals surface area contributed by atoms with Gasteiger partial charge in [-0.25, -0.2) is 0 Å². The molecule has 5 heteroatoms. The summed E-state index contributed by atoms with van der Waals surface area (Å²) < 4.78 is 5.05. The van der Waals surface area contributed by atoms with Gasteiger partial charge in [0.15, 0.2) is 0 Å². The van der Waals surface area contributed by atoms with Gasteiger partial charge in [0.1, 0.15) is 11.9 Å². The molecule has 1 aromatic carbocycles. The number of benzene rings is 1. The molecule has 1 aliphatic heterocycles. The molecule has 0 radical (unpaired) electrons. The van der Waals surface area contributed by atoms with Crippen molar-refractivity contribution in [1.82, 2.24) is 4.90 Å². The van der Waals surface area contributed by atoms with E-state index in [0.717, 1.165) is 18.8 Å². The Morgan fingerprint density at radius 1 is 1.26 bits per heavy atom. The number of anilines is 1. The Morgan fingerprint density at radius 3 is 2.47 bits per heavy atom. The van der Waals surface area contributed by atoms with Gasteiger partial charge in [-0.2, -0.15) is 0 Å². The van der Waals surface area contributed by atoms with E-state index >= 15 is 0 Å². The van der Waals surface area contributed by atoms with Crippen LogP contribution in [0.3, 0.4) is 0 Å². The SMILES string of the molecule is COC(C)C(=O)N1CCN(c2ccccc2O)CC1. The molecular formula is C14H20N2O3. The lowest BCUT2D eigenvalue weighted by atomic mass is 10.2. The number of methoxy groups -OCH3 is 1. The Labute approximate surface area is 113 Å². The van der Waals surface area contributed by atoms with E-state index in [1.807, 2.05) is 17.0 Å². The van der Waals surface area contributed by atoms with Crippen LogP contribution in [-0.4, -0.2) is 55.3 Å². The lowest BCUT2D eigenvalue weighted by Gasteiger charge is -2.37. The van der Waals surface area contributed by atoms with Gasteiger partial charge in [-0.05, 0) is 19.1 Å². The first kappa shape index (κ1) is 13.7. The van der Waals surface area contributed by atoms with Crippen molar-refractivity contribution in [3.8, 4) is 5.75 Å². The van der Waals surface area contributed by atoms with Crippen molar-refractivity contribution in [1.29, 1.82) is 0 Å². The van der Waals surface area contributed by atoms with Gasteiger partial charge < -0.3 is 19.6 Å². The smallest absolute Gasteiger partial charge is 0.251 e. The van der Waals surface area contributed by atoms with Crippen LogP contribution in [0.15, 0.2) is 24.3 Å². The Bertz CT molecular complexity index is 442. The zero-order valence-corrected chi connectivity index (χ0v) is 11.4. The van der Waals surface area contributed by atoms with Gasteiger partial charge in [-0.3, -0.25) is 4.79 Å². The summed E-state index contributed by atoms with van der Waals surface area (Å²) in [5.74, 6) is 0.312. The standard InChI is InChI=1S/C14H20N2O3/c1-11(19-2)14(18)16-9-7-15(8-10-16)12-5-3-4-6-13(12)17/h3-6,11,17H,7-10H2,1-2H3. The Morgan fingerprint density at radius 2 is 1.89 bits per heavy atom. The molecule has 1 N–H and O–H groups in total. The van der Waals surface area contributed by atoms with Crippen molar-refractivity contribution >= 4 is 11.6 Å². The van der Waals surface area contributed by atoms with Crippen molar-refractivity contribution in [2.45, 2.75) is 13.0 Å². The summed E-state index contributed by atoms with van der Waals surface area (Å²) in [5.41, 5.74) is 0.828. The number of amides is 1. The average molecular weight is 264 g/mol. The van der Waals surface area contributed by atoms with Crippen LogP contribution in [0.1, 0.15) is 6.92 Å². The molecule has 0 bridgehead atoms. The monoisotopic (exact) mass is 264 g/mol. The molecule has 0 saturated carbocycles. The number of rotatable bonds is 3. The Kier molecular flexibility index (Phi) is 4.27. The zero-order chi connectivity index (χ0) is 13.8. The third-order valence-electron chi connectivity index (χ3n) is 3.52. The molecule has 1 amide bonds. The van der Waals surface area contributed by atoms with Gasteiger partial charge >= 0.3 is 0 Å². The van der Waals surface area contributed by atoms with Crippen molar-refractivity contribution < 1.29 is 14.6 Å². The van der Waals surface area contributed by atoms with E-state index in [2.05, 4.69) is 4.90 Å². The topological polar surface area (TPSA) is 53.0 Å². The van der Waals surface area contributed by atoms with Crippen LogP contribution in [-0.2, 0) is 9.53 Å². The van der Waals surface area contributed by atoms with Crippen molar-refractivity contribution in [3.63, 3.8) is 0 Å². The lowest BCUT2D eigenvalue weighted by Crippen LogP contribution is -2.51. The highest BCUT2D eigenvalue weighted by Crippen LogP contribution is 2.27. The van der Waals surface area contributed by atoms with Gasteiger partial charge in [0, 0.05) is 33.3 Å². The van der Waals surface area contributed by atoms with Crippen LogP contribution in [0.5, 0.6) is 5.75 Å². The minimum absolute atomic E-state index is 0.0273. The largest absolute Gasteiger partial charge is 0.506 e. The number of hydrogen-bond acceptors (Lipinski definition) is 4. The highest BCUT2D eigenvalue weighted by atomic mass is 16.5. The molecule has 2 rings (SSSR count). The van der Waals surface area contributed by atoms with Crippen LogP contribution >= 0.6 is 0 Å². The molecule has 0 spiro atoms. The highest BCUT2D eigenvalue weighted by Gasteiger charge is 2.25. The summed E-state index contributed by atoms with van der Waals surface area (Å²) in [6, 6.07) is 7.28. The van der Waals surface area contributed by atoms with E-state index in [1.54, 1.807) is 26.2 Å². The van der Waals surface area contributed by atoms with Gasteiger partial charge in [-0.15, -0.1) is 0 Å². The molecule has 1 heterocycles. The first-order valence-electron chi connectivity index (χ1n) is 6.48. The first-order chi connectivity index (χ1) is 9.13. The molecule has 104 valence electrons. The van der Waals surface area contributed by atoms with Crippen molar-refractivity contribution in [3.05, 3.63) is 24.3 Å². The summed E-state index contributed by atoms with van der Waals surface area (Å²) in [6.07, 6.45) is -0.392. The van der Waals surface area contributed by atoms with Crippen molar-refractivity contribution in [2.75, 3.05) is 38.2 Å². The molecule has 0 aliphatic carbocycles. The predicted octanol–water partition coefficient (Wildman–Crippen LogP) is 1.08. The minimum atomic E-state index is -0.392. The van der Waals surface area contributed by atoms with E-state index in [1.165, 1.54) is 0 Å². The fraction of sp³-hybridized carbons (Fsp3) is 0.500. The maximum atomic E-state index is 12.0. The molecule has 1 atom stereocenters. The van der Waals surface area contributed by atoms with Crippen LogP contribution in [0.2, 0.25) is 0 Å². The van der Waals surface area contributed by atoms with Gasteiger partial charge in [-0.1, -0.05) is 12.1 Å². The van der Waals surface area contributed by atoms with Crippen LogP contribution < -0.4 is 4.90 Å². The Balaban J connectivity index is 1.96. The summed E-state index contributed by atoms with van der Waals surface area (Å²) in [6.45, 7) is 4.51. The van der Waals surface area contributed by atoms with Crippen LogP contribution in [0, 0.1) is 0 Å². The molecular weight excluding hydrogens is 244 g/mol. The molecule has 5 nitrogen and oxygen atoms in total. The van der Waals surface area contributed by atoms with E-state index < -0.39 is 6.10 Å². The zero-order valence-electron chi connectivity index (χ0n) is 11.4. The fourth-order valence-corrected chi connectivity index (χ4v) is 2.26. The molecule has 1 saturated heterocycles. The summed E-state index contributed by atoms with van der Waals surface area (Å²) in [7, 11) is 1.54. The minimum Gasteiger partial charge on any atom is -0.506 e. The van der Waals surface area contributed by atoms with Gasteiger partial charge in [0.05, 0.1) is 5.69 Å². The second kappa shape index (κ2) is 5.93. The lowest BCUT2D eigenvalue weighted by molar-refractivity contribution is -0.141. The predicted molar refractivity (Wildman–Crippen MR) is 73.4 cm³/mol. The third-order valence-corrected chi connectivity index (χ3v) is 3.52. The molecule has 19 heavy (non-hydrogen) atoms. The van der Waals surface area contributed by atoms with E-state index in [0.29, 0.717) is 13.1 Å². The van der Waals surface area contributed by atoms with Crippen LogP contribution in [0.4, 0.5) is 5.69 Å². The fourth-order valence-electron chi connectivity index (χ4n) is 2.26. The van der Waals surface area contributed by atoms with Crippen LogP contribution in [0.25, 0.3) is 0 Å². The summed E-state index contributed by atoms with van der Waals surface area (Å²) in [4.78, 5) is 15.9. The second-order valence-corrected chi connectivity index (χ2v) is 4.68.